The molecule has 0 spiro atoms. The van der Waals surface area contributed by atoms with E-state index < -0.39 is 12.7 Å². The second-order valence-corrected chi connectivity index (χ2v) is 3.56. The first kappa shape index (κ1) is 10.8. The Balaban J connectivity index is 2.25. The molecule has 77 valence electrons. The van der Waals surface area contributed by atoms with E-state index in [0.717, 1.165) is 12.8 Å². The van der Waals surface area contributed by atoms with E-state index >= 15 is 0 Å². The summed E-state index contributed by atoms with van der Waals surface area (Å²) in [6.07, 6.45) is -0.215. The molecule has 0 aromatic heterocycles. The van der Waals surface area contributed by atoms with Gasteiger partial charge in [0.15, 0.2) is 0 Å². The molecule has 0 aromatic rings. The highest BCUT2D eigenvalue weighted by molar-refractivity contribution is 4.80. The number of rotatable bonds is 2. The summed E-state index contributed by atoms with van der Waals surface area (Å²) in [5, 5.41) is 0. The molecule has 0 saturated carbocycles. The lowest BCUT2D eigenvalue weighted by molar-refractivity contribution is -0.148. The fourth-order valence-electron chi connectivity index (χ4n) is 1.70. The molecule has 0 unspecified atom stereocenters. The van der Waals surface area contributed by atoms with Gasteiger partial charge in [0.05, 0.1) is 6.54 Å². The van der Waals surface area contributed by atoms with Crippen LogP contribution in [0.15, 0.2) is 0 Å². The summed E-state index contributed by atoms with van der Waals surface area (Å²) in [6, 6.07) is 0. The average Bonchev–Trinajstić information content (AvgIpc) is 2.03. The number of piperidine rings is 1. The van der Waals surface area contributed by atoms with Crippen LogP contribution in [0.3, 0.4) is 0 Å². The van der Waals surface area contributed by atoms with Crippen LogP contribution in [0.25, 0.3) is 0 Å². The third-order valence-corrected chi connectivity index (χ3v) is 2.51. The molecule has 0 atom stereocenters. The summed E-state index contributed by atoms with van der Waals surface area (Å²) in [5.41, 5.74) is 0. The number of likely N-dealkylation sites (tertiary alicyclic amines) is 1. The van der Waals surface area contributed by atoms with Crippen LogP contribution in [0, 0.1) is 12.3 Å². The minimum atomic E-state index is -4.04. The molecule has 1 fully saturated rings. The lowest BCUT2D eigenvalue weighted by atomic mass is 9.94. The Bertz CT molecular complexity index is 147. The van der Waals surface area contributed by atoms with Gasteiger partial charge in [-0.15, -0.1) is 0 Å². The summed E-state index contributed by atoms with van der Waals surface area (Å²) in [6.45, 7) is 2.39. The van der Waals surface area contributed by atoms with Gasteiger partial charge in [0, 0.05) is 0 Å². The number of hydrogen-bond donors (Lipinski definition) is 0. The SMILES string of the molecule is C[CH]C1CCN(CC(F)(F)F)CC1. The van der Waals surface area contributed by atoms with E-state index in [4.69, 9.17) is 0 Å². The Morgan fingerprint density at radius 1 is 1.31 bits per heavy atom. The molecule has 4 heteroatoms. The maximum atomic E-state index is 12.0. The molecule has 0 aliphatic carbocycles. The zero-order valence-electron chi connectivity index (χ0n) is 7.77. The van der Waals surface area contributed by atoms with Gasteiger partial charge < -0.3 is 0 Å². The maximum absolute atomic E-state index is 12.0. The van der Waals surface area contributed by atoms with Crippen molar-refractivity contribution in [2.45, 2.75) is 25.9 Å². The van der Waals surface area contributed by atoms with E-state index in [1.165, 1.54) is 4.90 Å². The van der Waals surface area contributed by atoms with Crippen molar-refractivity contribution in [3.05, 3.63) is 6.42 Å². The Labute approximate surface area is 76.9 Å². The van der Waals surface area contributed by atoms with E-state index in [1.807, 2.05) is 6.92 Å². The first-order valence-electron chi connectivity index (χ1n) is 4.60. The van der Waals surface area contributed by atoms with Gasteiger partial charge in [-0.2, -0.15) is 13.2 Å². The highest BCUT2D eigenvalue weighted by Gasteiger charge is 2.32. The summed E-state index contributed by atoms with van der Waals surface area (Å²) >= 11 is 0. The van der Waals surface area contributed by atoms with Crippen LogP contribution < -0.4 is 0 Å². The normalized spacial score (nSPS) is 22.2. The molecular weight excluding hydrogens is 179 g/mol. The van der Waals surface area contributed by atoms with E-state index in [-0.39, 0.29) is 0 Å². The molecule has 1 saturated heterocycles. The smallest absolute Gasteiger partial charge is 0.295 e. The summed E-state index contributed by atoms with van der Waals surface area (Å²) in [7, 11) is 0. The molecule has 0 bridgehead atoms. The summed E-state index contributed by atoms with van der Waals surface area (Å²) in [5.74, 6) is 0.518. The molecule has 1 heterocycles. The molecule has 0 amide bonds. The van der Waals surface area contributed by atoms with Crippen LogP contribution in [-0.4, -0.2) is 30.7 Å². The second-order valence-electron chi connectivity index (χ2n) is 3.56. The molecule has 1 nitrogen and oxygen atoms in total. The number of hydrogen-bond acceptors (Lipinski definition) is 1. The molecule has 0 aromatic carbocycles. The van der Waals surface area contributed by atoms with Crippen molar-refractivity contribution in [3.8, 4) is 0 Å². The summed E-state index contributed by atoms with van der Waals surface area (Å²) < 4.78 is 35.9. The van der Waals surface area contributed by atoms with Crippen LogP contribution in [-0.2, 0) is 0 Å². The number of alkyl halides is 3. The van der Waals surface area contributed by atoms with Crippen LogP contribution in [0.2, 0.25) is 0 Å². The van der Waals surface area contributed by atoms with Crippen molar-refractivity contribution in [2.24, 2.45) is 5.92 Å². The van der Waals surface area contributed by atoms with Crippen LogP contribution in [0.5, 0.6) is 0 Å². The van der Waals surface area contributed by atoms with E-state index in [0.29, 0.717) is 19.0 Å². The lowest BCUT2D eigenvalue weighted by Gasteiger charge is -2.31. The number of halogens is 3. The van der Waals surface area contributed by atoms with Crippen molar-refractivity contribution >= 4 is 0 Å². The van der Waals surface area contributed by atoms with E-state index in [9.17, 15) is 13.2 Å². The van der Waals surface area contributed by atoms with Gasteiger partial charge in [0.1, 0.15) is 0 Å². The molecule has 1 aliphatic rings. The van der Waals surface area contributed by atoms with Gasteiger partial charge in [0.25, 0.3) is 0 Å². The van der Waals surface area contributed by atoms with Gasteiger partial charge in [-0.3, -0.25) is 4.90 Å². The summed E-state index contributed by atoms with van der Waals surface area (Å²) in [4.78, 5) is 1.49. The van der Waals surface area contributed by atoms with Gasteiger partial charge in [-0.25, -0.2) is 0 Å². The Morgan fingerprint density at radius 3 is 2.23 bits per heavy atom. The van der Waals surface area contributed by atoms with E-state index in [1.54, 1.807) is 0 Å². The fraction of sp³-hybridized carbons (Fsp3) is 0.889. The van der Waals surface area contributed by atoms with Crippen molar-refractivity contribution in [2.75, 3.05) is 19.6 Å². The quantitative estimate of drug-likeness (QED) is 0.652. The molecule has 13 heavy (non-hydrogen) atoms. The average molecular weight is 194 g/mol. The molecule has 0 N–H and O–H groups in total. The highest BCUT2D eigenvalue weighted by Crippen LogP contribution is 2.23. The van der Waals surface area contributed by atoms with Gasteiger partial charge >= 0.3 is 6.18 Å². The second kappa shape index (κ2) is 4.31. The largest absolute Gasteiger partial charge is 0.401 e. The van der Waals surface area contributed by atoms with Gasteiger partial charge in [0.2, 0.25) is 0 Å². The zero-order valence-corrected chi connectivity index (χ0v) is 7.77. The minimum absolute atomic E-state index is 0.518. The Morgan fingerprint density at radius 2 is 1.85 bits per heavy atom. The third-order valence-electron chi connectivity index (χ3n) is 2.51. The van der Waals surface area contributed by atoms with Gasteiger partial charge in [-0.1, -0.05) is 6.92 Å². The van der Waals surface area contributed by atoms with Crippen molar-refractivity contribution in [1.82, 2.24) is 4.90 Å². The van der Waals surface area contributed by atoms with Crippen molar-refractivity contribution < 1.29 is 13.2 Å². The molecule has 1 aliphatic heterocycles. The van der Waals surface area contributed by atoms with Crippen LogP contribution in [0.4, 0.5) is 13.2 Å². The molecular formula is C9H15F3N. The standard InChI is InChI=1S/C9H15F3N/c1-2-8-3-5-13(6-4-8)7-9(10,11)12/h2,8H,3-7H2,1H3. The van der Waals surface area contributed by atoms with Crippen LogP contribution >= 0.6 is 0 Å². The molecule has 1 radical (unpaired) electrons. The first-order chi connectivity index (χ1) is 6.01. The zero-order chi connectivity index (χ0) is 9.90. The number of nitrogens with zero attached hydrogens (tertiary/aromatic N) is 1. The van der Waals surface area contributed by atoms with Gasteiger partial charge in [-0.05, 0) is 38.3 Å². The first-order valence-corrected chi connectivity index (χ1v) is 4.60. The van der Waals surface area contributed by atoms with Crippen molar-refractivity contribution in [3.63, 3.8) is 0 Å². The Hall–Kier alpha value is -0.250. The Kier molecular flexibility index (Phi) is 3.59. The minimum Gasteiger partial charge on any atom is -0.295 e. The van der Waals surface area contributed by atoms with Crippen molar-refractivity contribution in [1.29, 1.82) is 0 Å². The fourth-order valence-corrected chi connectivity index (χ4v) is 1.70. The third kappa shape index (κ3) is 3.98. The van der Waals surface area contributed by atoms with Crippen LogP contribution in [0.1, 0.15) is 19.8 Å². The van der Waals surface area contributed by atoms with E-state index in [2.05, 4.69) is 6.42 Å². The maximum Gasteiger partial charge on any atom is 0.401 e. The molecule has 1 rings (SSSR count). The predicted octanol–water partition coefficient (Wildman–Crippen LogP) is 2.48. The highest BCUT2D eigenvalue weighted by atomic mass is 19.4. The topological polar surface area (TPSA) is 3.24 Å². The monoisotopic (exact) mass is 194 g/mol. The predicted molar refractivity (Wildman–Crippen MR) is 45.2 cm³/mol. The lowest BCUT2D eigenvalue weighted by Crippen LogP contribution is -2.40.